The van der Waals surface area contributed by atoms with E-state index in [1.807, 2.05) is 13.0 Å². The second-order valence-corrected chi connectivity index (χ2v) is 6.64. The van der Waals surface area contributed by atoms with E-state index in [-0.39, 0.29) is 23.7 Å². The van der Waals surface area contributed by atoms with Crippen molar-refractivity contribution in [1.29, 1.82) is 0 Å². The highest BCUT2D eigenvalue weighted by molar-refractivity contribution is 5.81. The molecule has 0 aliphatic carbocycles. The van der Waals surface area contributed by atoms with Gasteiger partial charge < -0.3 is 4.90 Å². The molecule has 146 valence electrons. The van der Waals surface area contributed by atoms with Crippen LogP contribution in [0.15, 0.2) is 58.1 Å². The van der Waals surface area contributed by atoms with Gasteiger partial charge in [-0.05, 0) is 42.7 Å². The third kappa shape index (κ3) is 4.36. The number of H-pyrrole nitrogens is 1. The van der Waals surface area contributed by atoms with E-state index < -0.39 is 11.1 Å². The number of aromatic amines is 1. The quantitative estimate of drug-likeness (QED) is 0.680. The van der Waals surface area contributed by atoms with Crippen LogP contribution in [0.2, 0.25) is 0 Å². The number of fused-ring (bicyclic) bond motifs is 1. The number of amides is 1. The first-order chi connectivity index (χ1) is 13.5. The number of carbonyl (C=O) groups is 1. The minimum absolute atomic E-state index is 0.248. The molecule has 0 saturated heterocycles. The van der Waals surface area contributed by atoms with Gasteiger partial charge >= 0.3 is 0 Å². The fraction of sp³-hybridized carbons (Fsp3) is 0.286. The van der Waals surface area contributed by atoms with Crippen LogP contribution >= 0.6 is 0 Å². The number of carbonyl (C=O) groups excluding carboxylic acids is 1. The molecule has 0 bridgehead atoms. The molecule has 3 aromatic rings. The van der Waals surface area contributed by atoms with Crippen molar-refractivity contribution in [2.75, 3.05) is 13.1 Å². The van der Waals surface area contributed by atoms with Crippen molar-refractivity contribution in [2.45, 2.75) is 26.3 Å². The summed E-state index contributed by atoms with van der Waals surface area (Å²) >= 11 is 0. The predicted octanol–water partition coefficient (Wildman–Crippen LogP) is 2.31. The maximum atomic E-state index is 13.3. The zero-order valence-corrected chi connectivity index (χ0v) is 15.7. The molecule has 1 amide bonds. The molecule has 3 rings (SSSR count). The molecule has 28 heavy (non-hydrogen) atoms. The molecule has 0 saturated carbocycles. The highest BCUT2D eigenvalue weighted by Crippen LogP contribution is 2.07. The van der Waals surface area contributed by atoms with E-state index in [1.165, 1.54) is 12.1 Å². The maximum absolute atomic E-state index is 13.3. The van der Waals surface area contributed by atoms with Gasteiger partial charge in [0.1, 0.15) is 12.4 Å². The first kappa shape index (κ1) is 19.5. The zero-order chi connectivity index (χ0) is 20.1. The Morgan fingerprint density at radius 2 is 1.82 bits per heavy atom. The van der Waals surface area contributed by atoms with E-state index in [4.69, 9.17) is 0 Å². The normalized spacial score (nSPS) is 10.9. The van der Waals surface area contributed by atoms with Crippen LogP contribution in [0.1, 0.15) is 18.9 Å². The van der Waals surface area contributed by atoms with Gasteiger partial charge in [-0.15, -0.1) is 0 Å². The number of hydrogen-bond acceptors (Lipinski definition) is 3. The molecule has 0 atom stereocenters. The monoisotopic (exact) mass is 383 g/mol. The van der Waals surface area contributed by atoms with Crippen LogP contribution < -0.4 is 11.1 Å². The molecule has 1 heterocycles. The number of aromatic nitrogens is 2. The predicted molar refractivity (Wildman–Crippen MR) is 106 cm³/mol. The van der Waals surface area contributed by atoms with Gasteiger partial charge in [-0.2, -0.15) is 0 Å². The van der Waals surface area contributed by atoms with E-state index in [9.17, 15) is 18.8 Å². The lowest BCUT2D eigenvalue weighted by Gasteiger charge is -2.22. The largest absolute Gasteiger partial charge is 0.341 e. The van der Waals surface area contributed by atoms with Crippen molar-refractivity contribution < 1.29 is 9.18 Å². The Morgan fingerprint density at radius 3 is 2.54 bits per heavy atom. The van der Waals surface area contributed by atoms with Gasteiger partial charge in [0, 0.05) is 13.1 Å². The Labute approximate surface area is 161 Å². The second kappa shape index (κ2) is 8.65. The number of halogens is 1. The van der Waals surface area contributed by atoms with Crippen LogP contribution in [-0.4, -0.2) is 33.7 Å². The minimum atomic E-state index is -0.412. The minimum Gasteiger partial charge on any atom is -0.341 e. The Morgan fingerprint density at radius 1 is 1.07 bits per heavy atom. The van der Waals surface area contributed by atoms with Crippen LogP contribution in [0.25, 0.3) is 10.8 Å². The molecule has 7 heteroatoms. The lowest BCUT2D eigenvalue weighted by molar-refractivity contribution is -0.132. The Kier molecular flexibility index (Phi) is 6.03. The second-order valence-electron chi connectivity index (χ2n) is 6.64. The average molecular weight is 383 g/mol. The molecule has 0 radical (unpaired) electrons. The van der Waals surface area contributed by atoms with Crippen LogP contribution in [0, 0.1) is 5.82 Å². The number of hydrogen-bond donors (Lipinski definition) is 1. The number of nitrogens with one attached hydrogen (secondary N) is 1. The standard InChI is InChI=1S/C21H22FN3O3/c1-2-11-24(12-10-15-6-5-7-16(22)13-15)19(26)14-25-21(28)18-9-4-3-8-17(18)20(27)23-25/h3-9,13H,2,10-12,14H2,1H3,(H,23,27). The van der Waals surface area contributed by atoms with Crippen molar-refractivity contribution >= 4 is 16.7 Å². The van der Waals surface area contributed by atoms with Gasteiger partial charge in [-0.25, -0.2) is 9.07 Å². The SMILES string of the molecule is CCCN(CCc1cccc(F)c1)C(=O)Cn1[nH]c(=O)c2ccccc2c1=O. The molecule has 1 aromatic heterocycles. The lowest BCUT2D eigenvalue weighted by Crippen LogP contribution is -2.40. The smallest absolute Gasteiger partial charge is 0.273 e. The van der Waals surface area contributed by atoms with Gasteiger partial charge in [-0.1, -0.05) is 31.2 Å². The van der Waals surface area contributed by atoms with Gasteiger partial charge in [0.25, 0.3) is 11.1 Å². The average Bonchev–Trinajstić information content (AvgIpc) is 2.69. The van der Waals surface area contributed by atoms with Crippen molar-refractivity contribution in [3.8, 4) is 0 Å². The first-order valence-corrected chi connectivity index (χ1v) is 9.23. The summed E-state index contributed by atoms with van der Waals surface area (Å²) in [5, 5.41) is 3.06. The third-order valence-corrected chi connectivity index (χ3v) is 4.58. The van der Waals surface area contributed by atoms with Crippen molar-refractivity contribution in [2.24, 2.45) is 0 Å². The van der Waals surface area contributed by atoms with Crippen LogP contribution in [0.5, 0.6) is 0 Å². The molecule has 6 nitrogen and oxygen atoms in total. The molecule has 0 spiro atoms. The Hall–Kier alpha value is -3.22. The zero-order valence-electron chi connectivity index (χ0n) is 15.7. The van der Waals surface area contributed by atoms with E-state index in [0.717, 1.165) is 16.7 Å². The van der Waals surface area contributed by atoms with Gasteiger partial charge in [0.05, 0.1) is 10.8 Å². The molecule has 0 aliphatic heterocycles. The molecule has 0 fully saturated rings. The summed E-state index contributed by atoms with van der Waals surface area (Å²) in [5.74, 6) is -0.586. The summed E-state index contributed by atoms with van der Waals surface area (Å²) in [4.78, 5) is 39.2. The van der Waals surface area contributed by atoms with E-state index in [2.05, 4.69) is 5.10 Å². The highest BCUT2D eigenvalue weighted by Gasteiger charge is 2.16. The van der Waals surface area contributed by atoms with Crippen molar-refractivity contribution in [3.05, 3.63) is 80.6 Å². The number of rotatable bonds is 7. The van der Waals surface area contributed by atoms with Crippen LogP contribution in [0.4, 0.5) is 4.39 Å². The molecule has 0 aliphatic rings. The highest BCUT2D eigenvalue weighted by atomic mass is 19.1. The number of benzene rings is 2. The topological polar surface area (TPSA) is 75.2 Å². The van der Waals surface area contributed by atoms with Crippen molar-refractivity contribution in [1.82, 2.24) is 14.7 Å². The van der Waals surface area contributed by atoms with Crippen LogP contribution in [0.3, 0.4) is 0 Å². The van der Waals surface area contributed by atoms with Gasteiger partial charge in [-0.3, -0.25) is 19.5 Å². The van der Waals surface area contributed by atoms with Gasteiger partial charge in [0.2, 0.25) is 5.91 Å². The summed E-state index contributed by atoms with van der Waals surface area (Å²) in [6.45, 7) is 2.62. The van der Waals surface area contributed by atoms with Crippen LogP contribution in [-0.2, 0) is 17.8 Å². The molecular weight excluding hydrogens is 361 g/mol. The fourth-order valence-electron chi connectivity index (χ4n) is 3.18. The summed E-state index contributed by atoms with van der Waals surface area (Å²) in [6.07, 6.45) is 1.25. The summed E-state index contributed by atoms with van der Waals surface area (Å²) in [7, 11) is 0. The first-order valence-electron chi connectivity index (χ1n) is 9.23. The molecule has 0 unspecified atom stereocenters. The van der Waals surface area contributed by atoms with E-state index in [0.29, 0.717) is 24.9 Å². The maximum Gasteiger partial charge on any atom is 0.273 e. The fourth-order valence-corrected chi connectivity index (χ4v) is 3.18. The van der Waals surface area contributed by atoms with Crippen molar-refractivity contribution in [3.63, 3.8) is 0 Å². The molecule has 1 N–H and O–H groups in total. The summed E-state index contributed by atoms with van der Waals surface area (Å²) in [5.41, 5.74) is -0.0277. The number of nitrogens with zero attached hydrogens (tertiary/aromatic N) is 2. The lowest BCUT2D eigenvalue weighted by atomic mass is 10.1. The van der Waals surface area contributed by atoms with Gasteiger partial charge in [0.15, 0.2) is 0 Å². The Bertz CT molecular complexity index is 1100. The van der Waals surface area contributed by atoms with E-state index >= 15 is 0 Å². The molecular formula is C21H22FN3O3. The summed E-state index contributed by atoms with van der Waals surface area (Å²) < 4.78 is 14.4. The third-order valence-electron chi connectivity index (χ3n) is 4.58. The summed E-state index contributed by atoms with van der Waals surface area (Å²) in [6, 6.07) is 12.8. The van der Waals surface area contributed by atoms with E-state index in [1.54, 1.807) is 35.2 Å². The molecule has 2 aromatic carbocycles. The Balaban J connectivity index is 1.79.